The topological polar surface area (TPSA) is 12.4 Å². The molecule has 13 heavy (non-hydrogen) atoms. The molecule has 0 aliphatic rings. The molecular formula is C12H17N. The normalized spacial score (nSPS) is 14.2. The molecule has 0 radical (unpaired) electrons. The Morgan fingerprint density at radius 1 is 1.31 bits per heavy atom. The lowest BCUT2D eigenvalue weighted by Gasteiger charge is -2.04. The molecule has 0 rings (SSSR count). The van der Waals surface area contributed by atoms with E-state index in [0.29, 0.717) is 0 Å². The predicted octanol–water partition coefficient (Wildman–Crippen LogP) is 3.67. The van der Waals surface area contributed by atoms with E-state index >= 15 is 0 Å². The molecule has 0 atom stereocenters. The Hall–Kier alpha value is -1.37. The van der Waals surface area contributed by atoms with E-state index in [2.05, 4.69) is 18.3 Å². The molecule has 0 aliphatic carbocycles. The Kier molecular flexibility index (Phi) is 5.53. The molecule has 0 N–H and O–H groups in total. The number of rotatable bonds is 4. The van der Waals surface area contributed by atoms with Crippen LogP contribution in [0.5, 0.6) is 0 Å². The van der Waals surface area contributed by atoms with Crippen molar-refractivity contribution in [1.29, 1.82) is 0 Å². The highest BCUT2D eigenvalue weighted by Crippen LogP contribution is 2.17. The summed E-state index contributed by atoms with van der Waals surface area (Å²) in [5.74, 6) is 0. The van der Waals surface area contributed by atoms with E-state index in [0.717, 1.165) is 16.8 Å². The van der Waals surface area contributed by atoms with Crippen LogP contribution < -0.4 is 0 Å². The summed E-state index contributed by atoms with van der Waals surface area (Å²) in [5, 5.41) is 0. The Morgan fingerprint density at radius 2 is 1.92 bits per heavy atom. The molecule has 0 saturated carbocycles. The van der Waals surface area contributed by atoms with Gasteiger partial charge in [-0.05, 0) is 33.1 Å². The van der Waals surface area contributed by atoms with Crippen LogP contribution in [-0.4, -0.2) is 6.72 Å². The lowest BCUT2D eigenvalue weighted by molar-refractivity contribution is 1.26. The summed E-state index contributed by atoms with van der Waals surface area (Å²) in [6.07, 6.45) is 7.87. The Balaban J connectivity index is 5.19. The van der Waals surface area contributed by atoms with Gasteiger partial charge in [0, 0.05) is 11.3 Å². The number of allylic oxidation sites excluding steroid dienone is 7. The average molecular weight is 175 g/mol. The maximum Gasteiger partial charge on any atom is 0.0443 e. The molecule has 0 heterocycles. The second-order valence-corrected chi connectivity index (χ2v) is 2.61. The number of hydrogen-bond donors (Lipinski definition) is 0. The van der Waals surface area contributed by atoms with Crippen molar-refractivity contribution in [3.63, 3.8) is 0 Å². The lowest BCUT2D eigenvalue weighted by atomic mass is 10.0. The molecule has 0 spiro atoms. The molecule has 0 aromatic heterocycles. The molecule has 1 nitrogen and oxygen atoms in total. The van der Waals surface area contributed by atoms with Crippen LogP contribution in [0.3, 0.4) is 0 Å². The largest absolute Gasteiger partial charge is 0.269 e. The summed E-state index contributed by atoms with van der Waals surface area (Å²) in [6, 6.07) is 0. The summed E-state index contributed by atoms with van der Waals surface area (Å²) < 4.78 is 0. The van der Waals surface area contributed by atoms with Crippen molar-refractivity contribution in [2.75, 3.05) is 0 Å². The minimum Gasteiger partial charge on any atom is -0.269 e. The SMILES string of the molecule is C=CC(/C(/C=C\C)=C\C)=C(\C)N=C. The molecule has 70 valence electrons. The summed E-state index contributed by atoms with van der Waals surface area (Å²) in [4.78, 5) is 3.89. The van der Waals surface area contributed by atoms with E-state index in [1.807, 2.05) is 39.0 Å². The van der Waals surface area contributed by atoms with Crippen LogP contribution in [0.4, 0.5) is 0 Å². The third kappa shape index (κ3) is 3.24. The van der Waals surface area contributed by atoms with Crippen molar-refractivity contribution >= 4 is 6.72 Å². The molecule has 0 aromatic rings. The lowest BCUT2D eigenvalue weighted by Crippen LogP contribution is -1.86. The summed E-state index contributed by atoms with van der Waals surface area (Å²) >= 11 is 0. The zero-order valence-electron chi connectivity index (χ0n) is 8.67. The van der Waals surface area contributed by atoms with Gasteiger partial charge in [-0.25, -0.2) is 0 Å². The van der Waals surface area contributed by atoms with E-state index in [-0.39, 0.29) is 0 Å². The first-order chi connectivity index (χ1) is 6.21. The molecule has 0 saturated heterocycles. The van der Waals surface area contributed by atoms with Gasteiger partial charge in [-0.3, -0.25) is 4.99 Å². The highest BCUT2D eigenvalue weighted by atomic mass is 14.7. The third-order valence-electron chi connectivity index (χ3n) is 1.80. The van der Waals surface area contributed by atoms with Crippen molar-refractivity contribution in [1.82, 2.24) is 0 Å². The molecule has 0 aliphatic heterocycles. The second kappa shape index (κ2) is 6.18. The predicted molar refractivity (Wildman–Crippen MR) is 61.0 cm³/mol. The molecule has 0 unspecified atom stereocenters. The molecule has 0 fully saturated rings. The molecule has 0 amide bonds. The first kappa shape index (κ1) is 11.6. The van der Waals surface area contributed by atoms with Gasteiger partial charge in [-0.2, -0.15) is 0 Å². The van der Waals surface area contributed by atoms with E-state index < -0.39 is 0 Å². The monoisotopic (exact) mass is 175 g/mol. The van der Waals surface area contributed by atoms with Gasteiger partial charge in [0.05, 0.1) is 0 Å². The summed E-state index contributed by atoms with van der Waals surface area (Å²) in [5.41, 5.74) is 3.07. The standard InChI is InChI=1S/C12H17N/c1-6-9-11(7-2)12(8-3)10(4)13-5/h6-9H,3,5H2,1-2,4H3/b9-6-,11-7-,12-10-. The van der Waals surface area contributed by atoms with Gasteiger partial charge < -0.3 is 0 Å². The van der Waals surface area contributed by atoms with Crippen LogP contribution in [0.15, 0.2) is 52.7 Å². The molecule has 0 bridgehead atoms. The van der Waals surface area contributed by atoms with Crippen LogP contribution in [0.1, 0.15) is 20.8 Å². The van der Waals surface area contributed by atoms with Crippen LogP contribution in [0.25, 0.3) is 0 Å². The van der Waals surface area contributed by atoms with Crippen LogP contribution in [-0.2, 0) is 0 Å². The van der Waals surface area contributed by atoms with Crippen LogP contribution >= 0.6 is 0 Å². The summed E-state index contributed by atoms with van der Waals surface area (Å²) in [6.45, 7) is 13.2. The van der Waals surface area contributed by atoms with Gasteiger partial charge >= 0.3 is 0 Å². The van der Waals surface area contributed by atoms with E-state index in [1.165, 1.54) is 0 Å². The zero-order chi connectivity index (χ0) is 10.3. The molecule has 0 aromatic carbocycles. The maximum absolute atomic E-state index is 3.89. The second-order valence-electron chi connectivity index (χ2n) is 2.61. The number of nitrogens with zero attached hydrogens (tertiary/aromatic N) is 1. The van der Waals surface area contributed by atoms with Crippen molar-refractivity contribution < 1.29 is 0 Å². The van der Waals surface area contributed by atoms with Gasteiger partial charge in [-0.15, -0.1) is 0 Å². The Bertz CT molecular complexity index is 277. The smallest absolute Gasteiger partial charge is 0.0443 e. The first-order valence-electron chi connectivity index (χ1n) is 4.30. The van der Waals surface area contributed by atoms with Crippen molar-refractivity contribution in [3.8, 4) is 0 Å². The van der Waals surface area contributed by atoms with E-state index in [4.69, 9.17) is 0 Å². The zero-order valence-corrected chi connectivity index (χ0v) is 8.67. The van der Waals surface area contributed by atoms with Crippen molar-refractivity contribution in [2.45, 2.75) is 20.8 Å². The van der Waals surface area contributed by atoms with E-state index in [9.17, 15) is 0 Å². The van der Waals surface area contributed by atoms with Crippen LogP contribution in [0, 0.1) is 0 Å². The van der Waals surface area contributed by atoms with Crippen LogP contribution in [0.2, 0.25) is 0 Å². The van der Waals surface area contributed by atoms with Crippen molar-refractivity contribution in [2.24, 2.45) is 4.99 Å². The van der Waals surface area contributed by atoms with Gasteiger partial charge in [0.2, 0.25) is 0 Å². The van der Waals surface area contributed by atoms with Gasteiger partial charge in [-0.1, -0.05) is 30.9 Å². The summed E-state index contributed by atoms with van der Waals surface area (Å²) in [7, 11) is 0. The minimum absolute atomic E-state index is 0.904. The highest BCUT2D eigenvalue weighted by Gasteiger charge is 1.99. The van der Waals surface area contributed by atoms with Gasteiger partial charge in [0.1, 0.15) is 0 Å². The van der Waals surface area contributed by atoms with E-state index in [1.54, 1.807) is 6.08 Å². The average Bonchev–Trinajstić information content (AvgIpc) is 2.17. The number of aliphatic imine (C=N–C) groups is 1. The fourth-order valence-electron chi connectivity index (χ4n) is 1.08. The minimum atomic E-state index is 0.904. The quantitative estimate of drug-likeness (QED) is 0.456. The fraction of sp³-hybridized carbons (Fsp3) is 0.250. The highest BCUT2D eigenvalue weighted by molar-refractivity contribution is 5.49. The third-order valence-corrected chi connectivity index (χ3v) is 1.80. The van der Waals surface area contributed by atoms with Gasteiger partial charge in [0.15, 0.2) is 0 Å². The molecular weight excluding hydrogens is 158 g/mol. The Labute approximate surface area is 80.9 Å². The van der Waals surface area contributed by atoms with Gasteiger partial charge in [0.25, 0.3) is 0 Å². The first-order valence-corrected chi connectivity index (χ1v) is 4.30. The Morgan fingerprint density at radius 3 is 2.23 bits per heavy atom. The molecule has 1 heteroatoms. The number of hydrogen-bond acceptors (Lipinski definition) is 1. The fourth-order valence-corrected chi connectivity index (χ4v) is 1.08. The van der Waals surface area contributed by atoms with Crippen molar-refractivity contribution in [3.05, 3.63) is 47.7 Å². The maximum atomic E-state index is 3.89.